The Morgan fingerprint density at radius 1 is 1.26 bits per heavy atom. The average Bonchev–Trinajstić information content (AvgIpc) is 2.93. The highest BCUT2D eigenvalue weighted by molar-refractivity contribution is 5.08. The van der Waals surface area contributed by atoms with Crippen molar-refractivity contribution in [3.05, 3.63) is 48.8 Å². The molecule has 0 unspecified atom stereocenters. The van der Waals surface area contributed by atoms with E-state index < -0.39 is 0 Å². The summed E-state index contributed by atoms with van der Waals surface area (Å²) in [4.78, 5) is 10.9. The van der Waals surface area contributed by atoms with Gasteiger partial charge in [-0.05, 0) is 36.9 Å². The summed E-state index contributed by atoms with van der Waals surface area (Å²) in [6, 6.07) is 4.18. The fourth-order valence-electron chi connectivity index (χ4n) is 2.89. The van der Waals surface area contributed by atoms with Crippen molar-refractivity contribution in [2.75, 3.05) is 13.1 Å². The maximum atomic E-state index is 4.19. The summed E-state index contributed by atoms with van der Waals surface area (Å²) >= 11 is 0. The number of nitrogens with zero attached hydrogens (tertiary/aromatic N) is 4. The van der Waals surface area contributed by atoms with Crippen LogP contribution in [-0.2, 0) is 13.1 Å². The van der Waals surface area contributed by atoms with Crippen molar-refractivity contribution in [2.24, 2.45) is 5.92 Å². The Labute approximate surface area is 114 Å². The highest BCUT2D eigenvalue weighted by atomic mass is 15.1. The molecular formula is C15H20N4. The third-order valence-corrected chi connectivity index (χ3v) is 3.76. The number of aromatic nitrogens is 3. The molecule has 0 aliphatic carbocycles. The van der Waals surface area contributed by atoms with E-state index >= 15 is 0 Å². The van der Waals surface area contributed by atoms with E-state index in [-0.39, 0.29) is 0 Å². The molecule has 0 saturated carbocycles. The van der Waals surface area contributed by atoms with Gasteiger partial charge in [0.1, 0.15) is 0 Å². The summed E-state index contributed by atoms with van der Waals surface area (Å²) in [5.41, 5.74) is 1.31. The van der Waals surface area contributed by atoms with Crippen LogP contribution in [0.15, 0.2) is 43.2 Å². The van der Waals surface area contributed by atoms with Gasteiger partial charge < -0.3 is 4.57 Å². The van der Waals surface area contributed by atoms with E-state index in [0.29, 0.717) is 0 Å². The van der Waals surface area contributed by atoms with Gasteiger partial charge in [0.2, 0.25) is 0 Å². The van der Waals surface area contributed by atoms with Gasteiger partial charge >= 0.3 is 0 Å². The molecule has 4 nitrogen and oxygen atoms in total. The average molecular weight is 256 g/mol. The highest BCUT2D eigenvalue weighted by Crippen LogP contribution is 2.19. The summed E-state index contributed by atoms with van der Waals surface area (Å²) in [6.07, 6.45) is 12.2. The summed E-state index contributed by atoms with van der Waals surface area (Å²) in [6.45, 7) is 4.49. The summed E-state index contributed by atoms with van der Waals surface area (Å²) < 4.78 is 2.19. The first-order chi connectivity index (χ1) is 9.40. The number of hydrogen-bond acceptors (Lipinski definition) is 3. The van der Waals surface area contributed by atoms with Crippen LogP contribution in [0.3, 0.4) is 0 Å². The van der Waals surface area contributed by atoms with Crippen molar-refractivity contribution in [3.8, 4) is 0 Å². The molecule has 0 radical (unpaired) electrons. The number of hydrogen-bond donors (Lipinski definition) is 0. The Kier molecular flexibility index (Phi) is 3.89. The first-order valence-electron chi connectivity index (χ1n) is 6.97. The van der Waals surface area contributed by atoms with Crippen LogP contribution < -0.4 is 0 Å². The van der Waals surface area contributed by atoms with Crippen LogP contribution in [0.25, 0.3) is 0 Å². The molecule has 2 aromatic heterocycles. The number of pyridine rings is 1. The monoisotopic (exact) mass is 256 g/mol. The molecule has 1 saturated heterocycles. The van der Waals surface area contributed by atoms with E-state index in [1.807, 2.05) is 31.0 Å². The van der Waals surface area contributed by atoms with Crippen molar-refractivity contribution in [2.45, 2.75) is 25.9 Å². The minimum atomic E-state index is 0.736. The second-order valence-electron chi connectivity index (χ2n) is 5.36. The molecule has 3 rings (SSSR count). The predicted molar refractivity (Wildman–Crippen MR) is 74.5 cm³/mol. The first kappa shape index (κ1) is 12.4. The molecule has 0 N–H and O–H groups in total. The van der Waals surface area contributed by atoms with Crippen LogP contribution in [0.5, 0.6) is 0 Å². The summed E-state index contributed by atoms with van der Waals surface area (Å²) in [7, 11) is 0. The Bertz CT molecular complexity index is 480. The van der Waals surface area contributed by atoms with Gasteiger partial charge in [0.25, 0.3) is 0 Å². The fourth-order valence-corrected chi connectivity index (χ4v) is 2.89. The molecule has 0 aromatic carbocycles. The molecule has 3 heterocycles. The zero-order valence-corrected chi connectivity index (χ0v) is 11.2. The molecular weight excluding hydrogens is 236 g/mol. The van der Waals surface area contributed by atoms with E-state index in [9.17, 15) is 0 Å². The molecule has 2 aromatic rings. The van der Waals surface area contributed by atoms with Crippen molar-refractivity contribution >= 4 is 0 Å². The molecule has 1 aliphatic heterocycles. The highest BCUT2D eigenvalue weighted by Gasteiger charge is 2.20. The van der Waals surface area contributed by atoms with Crippen molar-refractivity contribution in [3.63, 3.8) is 0 Å². The quantitative estimate of drug-likeness (QED) is 0.841. The topological polar surface area (TPSA) is 34.0 Å². The lowest BCUT2D eigenvalue weighted by molar-refractivity contribution is 0.156. The van der Waals surface area contributed by atoms with Crippen LogP contribution >= 0.6 is 0 Å². The van der Waals surface area contributed by atoms with Gasteiger partial charge in [0.05, 0.1) is 6.33 Å². The maximum absolute atomic E-state index is 4.19. The minimum Gasteiger partial charge on any atom is -0.337 e. The van der Waals surface area contributed by atoms with Crippen LogP contribution in [0.2, 0.25) is 0 Å². The lowest BCUT2D eigenvalue weighted by atomic mass is 9.97. The number of rotatable bonds is 4. The first-order valence-corrected chi connectivity index (χ1v) is 6.97. The molecule has 1 fully saturated rings. The SMILES string of the molecule is c1cncc(CN2CCC[C@H](Cn3ccnc3)C2)c1. The molecule has 1 aliphatic rings. The molecule has 0 amide bonds. The predicted octanol–water partition coefficient (Wildman–Crippen LogP) is 2.19. The number of likely N-dealkylation sites (tertiary alicyclic amines) is 1. The van der Waals surface area contributed by atoms with Gasteiger partial charge in [-0.15, -0.1) is 0 Å². The third kappa shape index (κ3) is 3.41. The van der Waals surface area contributed by atoms with Crippen LogP contribution in [0, 0.1) is 5.92 Å². The van der Waals surface area contributed by atoms with Gasteiger partial charge in [0.15, 0.2) is 0 Å². The largest absolute Gasteiger partial charge is 0.337 e. The standard InChI is InChI=1S/C15H20N4/c1-3-14(9-16-5-1)10-18-7-2-4-15(11-18)12-19-8-6-17-13-19/h1,3,5-6,8-9,13,15H,2,4,7,10-12H2/t15-/m0/s1. The minimum absolute atomic E-state index is 0.736. The van der Waals surface area contributed by atoms with Gasteiger partial charge in [0, 0.05) is 44.4 Å². The lowest BCUT2D eigenvalue weighted by Crippen LogP contribution is -2.36. The third-order valence-electron chi connectivity index (χ3n) is 3.76. The molecule has 4 heteroatoms. The molecule has 0 bridgehead atoms. The summed E-state index contributed by atoms with van der Waals surface area (Å²) in [5.74, 6) is 0.736. The Morgan fingerprint density at radius 2 is 2.26 bits per heavy atom. The maximum Gasteiger partial charge on any atom is 0.0946 e. The van der Waals surface area contributed by atoms with E-state index in [0.717, 1.165) is 19.0 Å². The smallest absolute Gasteiger partial charge is 0.0946 e. The molecule has 19 heavy (non-hydrogen) atoms. The zero-order chi connectivity index (χ0) is 12.9. The second-order valence-corrected chi connectivity index (χ2v) is 5.36. The Balaban J connectivity index is 1.56. The Hall–Kier alpha value is -1.68. The second kappa shape index (κ2) is 5.97. The molecule has 100 valence electrons. The lowest BCUT2D eigenvalue weighted by Gasteiger charge is -2.32. The fraction of sp³-hybridized carbons (Fsp3) is 0.467. The molecule has 1 atom stereocenters. The van der Waals surface area contributed by atoms with Crippen molar-refractivity contribution in [1.82, 2.24) is 19.4 Å². The Morgan fingerprint density at radius 3 is 3.05 bits per heavy atom. The van der Waals surface area contributed by atoms with Crippen molar-refractivity contribution < 1.29 is 0 Å². The van der Waals surface area contributed by atoms with Crippen LogP contribution in [0.4, 0.5) is 0 Å². The number of imidazole rings is 1. The normalized spacial score (nSPS) is 20.5. The van der Waals surface area contributed by atoms with Crippen LogP contribution in [-0.4, -0.2) is 32.5 Å². The van der Waals surface area contributed by atoms with E-state index in [1.54, 1.807) is 0 Å². The van der Waals surface area contributed by atoms with Gasteiger partial charge in [-0.1, -0.05) is 6.07 Å². The van der Waals surface area contributed by atoms with E-state index in [2.05, 4.69) is 31.7 Å². The van der Waals surface area contributed by atoms with Crippen LogP contribution in [0.1, 0.15) is 18.4 Å². The zero-order valence-electron chi connectivity index (χ0n) is 11.2. The van der Waals surface area contributed by atoms with E-state index in [1.165, 1.54) is 31.5 Å². The van der Waals surface area contributed by atoms with Crippen molar-refractivity contribution in [1.29, 1.82) is 0 Å². The van der Waals surface area contributed by atoms with Gasteiger partial charge in [-0.2, -0.15) is 0 Å². The van der Waals surface area contributed by atoms with Gasteiger partial charge in [-0.3, -0.25) is 9.88 Å². The van der Waals surface area contributed by atoms with Gasteiger partial charge in [-0.25, -0.2) is 4.98 Å². The number of piperidine rings is 1. The molecule has 0 spiro atoms. The van der Waals surface area contributed by atoms with E-state index in [4.69, 9.17) is 0 Å². The summed E-state index contributed by atoms with van der Waals surface area (Å²) in [5, 5.41) is 0.